The second-order valence-electron chi connectivity index (χ2n) is 6.75. The van der Waals surface area contributed by atoms with E-state index in [2.05, 4.69) is 15.8 Å². The van der Waals surface area contributed by atoms with E-state index >= 15 is 0 Å². The lowest BCUT2D eigenvalue weighted by molar-refractivity contribution is 0.385. The van der Waals surface area contributed by atoms with E-state index in [9.17, 15) is 8.42 Å². The van der Waals surface area contributed by atoms with Gasteiger partial charge in [0.25, 0.3) is 0 Å². The topological polar surface area (TPSA) is 57.5 Å². The maximum atomic E-state index is 11.0. The average molecular weight is 363 g/mol. The summed E-state index contributed by atoms with van der Waals surface area (Å²) in [4.78, 5) is 0. The quantitative estimate of drug-likeness (QED) is 0.275. The van der Waals surface area contributed by atoms with Crippen LogP contribution in [0.5, 0.6) is 0 Å². The van der Waals surface area contributed by atoms with Crippen LogP contribution in [0, 0.1) is 0 Å². The molecule has 0 aliphatic rings. The molecule has 0 unspecified atom stereocenters. The third kappa shape index (κ3) is 18.2. The summed E-state index contributed by atoms with van der Waals surface area (Å²) in [5.74, 6) is 0. The van der Waals surface area contributed by atoms with Crippen LogP contribution in [0.15, 0.2) is 0 Å². The highest BCUT2D eigenvalue weighted by atomic mass is 32.2. The average Bonchev–Trinajstić information content (AvgIpc) is 2.57. The summed E-state index contributed by atoms with van der Waals surface area (Å²) in [6.45, 7) is 2.63. The smallest absolute Gasteiger partial charge is 0.260 e. The molecular weight excluding hydrogens is 322 g/mol. The first-order valence-corrected chi connectivity index (χ1v) is 11.5. The van der Waals surface area contributed by atoms with Gasteiger partial charge in [-0.25, -0.2) is 0 Å². The monoisotopic (exact) mass is 362 g/mol. The highest BCUT2D eigenvalue weighted by Gasteiger charge is 2.07. The molecular formula is C19H40NO3S. The van der Waals surface area contributed by atoms with E-state index in [4.69, 9.17) is 0 Å². The standard InChI is InChI=1S/C19H40NO3S/c1-3-4-5-6-7-8-9-10-11-12-13-14-15-16-17-18-19-20-24(21,22)23-2/h3-19H2,1-2H3. The Bertz CT molecular complexity index is 345. The minimum Gasteiger partial charge on any atom is -0.260 e. The van der Waals surface area contributed by atoms with Gasteiger partial charge in [0.05, 0.1) is 7.11 Å². The molecule has 0 amide bonds. The molecule has 24 heavy (non-hydrogen) atoms. The van der Waals surface area contributed by atoms with Crippen LogP contribution in [0.3, 0.4) is 0 Å². The molecule has 0 rings (SSSR count). The van der Waals surface area contributed by atoms with Gasteiger partial charge in [-0.1, -0.05) is 108 Å². The van der Waals surface area contributed by atoms with Gasteiger partial charge in [-0.3, -0.25) is 4.18 Å². The zero-order chi connectivity index (χ0) is 17.9. The summed E-state index contributed by atoms with van der Waals surface area (Å²) < 4.78 is 29.7. The van der Waals surface area contributed by atoms with Gasteiger partial charge in [0.1, 0.15) is 0 Å². The second-order valence-corrected chi connectivity index (χ2v) is 8.20. The molecule has 0 saturated heterocycles. The Labute approximate surface area is 151 Å². The molecule has 0 saturated carbocycles. The zero-order valence-corrected chi connectivity index (χ0v) is 16.9. The van der Waals surface area contributed by atoms with Crippen molar-refractivity contribution in [2.24, 2.45) is 0 Å². The Kier molecular flexibility index (Phi) is 17.6. The number of nitrogens with zero attached hydrogens (tertiary/aromatic N) is 1. The molecule has 0 N–H and O–H groups in total. The first kappa shape index (κ1) is 23.9. The molecule has 145 valence electrons. The van der Waals surface area contributed by atoms with E-state index in [1.54, 1.807) is 0 Å². The molecule has 0 atom stereocenters. The molecule has 0 heterocycles. The molecule has 5 heteroatoms. The van der Waals surface area contributed by atoms with Crippen molar-refractivity contribution in [2.45, 2.75) is 110 Å². The Morgan fingerprint density at radius 3 is 1.29 bits per heavy atom. The summed E-state index contributed by atoms with van der Waals surface area (Å²) in [6.07, 6.45) is 21.0. The first-order valence-electron chi connectivity index (χ1n) is 10.1. The lowest BCUT2D eigenvalue weighted by atomic mass is 10.0. The van der Waals surface area contributed by atoms with Crippen LogP contribution in [-0.2, 0) is 14.5 Å². The van der Waals surface area contributed by atoms with Crippen LogP contribution in [0.1, 0.15) is 110 Å². The number of hydrogen-bond donors (Lipinski definition) is 0. The maximum absolute atomic E-state index is 11.0. The Balaban J connectivity index is 3.08. The third-order valence-electron chi connectivity index (χ3n) is 4.47. The van der Waals surface area contributed by atoms with Gasteiger partial charge in [-0.05, 0) is 6.42 Å². The molecule has 0 spiro atoms. The van der Waals surface area contributed by atoms with Crippen LogP contribution < -0.4 is 4.72 Å². The lowest BCUT2D eigenvalue weighted by Crippen LogP contribution is -2.18. The number of rotatable bonds is 19. The van der Waals surface area contributed by atoms with Crippen molar-refractivity contribution in [3.05, 3.63) is 0 Å². The van der Waals surface area contributed by atoms with Crippen molar-refractivity contribution >= 4 is 10.3 Å². The summed E-state index contributed by atoms with van der Waals surface area (Å²) in [5.41, 5.74) is 0. The summed E-state index contributed by atoms with van der Waals surface area (Å²) in [6, 6.07) is 0. The molecule has 4 nitrogen and oxygen atoms in total. The van der Waals surface area contributed by atoms with Gasteiger partial charge >= 0.3 is 10.3 Å². The van der Waals surface area contributed by atoms with E-state index in [0.717, 1.165) is 20.0 Å². The highest BCUT2D eigenvalue weighted by molar-refractivity contribution is 7.84. The fourth-order valence-corrected chi connectivity index (χ4v) is 3.35. The fraction of sp³-hybridized carbons (Fsp3) is 1.00. The molecule has 0 fully saturated rings. The summed E-state index contributed by atoms with van der Waals surface area (Å²) in [7, 11) is -2.47. The van der Waals surface area contributed by atoms with Crippen LogP contribution in [-0.4, -0.2) is 22.1 Å². The Morgan fingerprint density at radius 1 is 0.625 bits per heavy atom. The number of hydrogen-bond acceptors (Lipinski definition) is 3. The van der Waals surface area contributed by atoms with Crippen molar-refractivity contribution < 1.29 is 12.6 Å². The van der Waals surface area contributed by atoms with Crippen molar-refractivity contribution in [3.8, 4) is 0 Å². The predicted molar refractivity (Wildman–Crippen MR) is 102 cm³/mol. The fourth-order valence-electron chi connectivity index (χ4n) is 2.89. The normalized spacial score (nSPS) is 11.9. The van der Waals surface area contributed by atoms with Crippen LogP contribution in [0.25, 0.3) is 0 Å². The minimum atomic E-state index is -3.62. The van der Waals surface area contributed by atoms with Gasteiger partial charge in [-0.2, -0.15) is 8.42 Å². The Hall–Kier alpha value is -0.130. The molecule has 0 aliphatic carbocycles. The van der Waals surface area contributed by atoms with Gasteiger partial charge in [-0.15, -0.1) is 0 Å². The van der Waals surface area contributed by atoms with E-state index in [1.165, 1.54) is 89.9 Å². The lowest BCUT2D eigenvalue weighted by Gasteiger charge is -2.04. The van der Waals surface area contributed by atoms with E-state index in [-0.39, 0.29) is 0 Å². The van der Waals surface area contributed by atoms with Crippen molar-refractivity contribution in [3.63, 3.8) is 0 Å². The summed E-state index contributed by atoms with van der Waals surface area (Å²) >= 11 is 0. The second kappa shape index (κ2) is 17.7. The van der Waals surface area contributed by atoms with E-state index in [1.807, 2.05) is 0 Å². The van der Waals surface area contributed by atoms with Crippen LogP contribution in [0.2, 0.25) is 0 Å². The van der Waals surface area contributed by atoms with Gasteiger partial charge < -0.3 is 0 Å². The molecule has 0 bridgehead atoms. The van der Waals surface area contributed by atoms with Gasteiger partial charge in [0.2, 0.25) is 0 Å². The van der Waals surface area contributed by atoms with E-state index in [0.29, 0.717) is 6.54 Å². The van der Waals surface area contributed by atoms with Gasteiger partial charge in [0.15, 0.2) is 0 Å². The molecule has 0 aromatic rings. The Morgan fingerprint density at radius 2 is 0.958 bits per heavy atom. The molecule has 1 radical (unpaired) electrons. The third-order valence-corrected chi connectivity index (χ3v) is 5.39. The van der Waals surface area contributed by atoms with Crippen molar-refractivity contribution in [1.29, 1.82) is 0 Å². The minimum absolute atomic E-state index is 0.356. The first-order chi connectivity index (χ1) is 11.6. The zero-order valence-electron chi connectivity index (χ0n) is 16.1. The SMILES string of the molecule is CCCCCCCCCCCCCCCCCC[N]S(=O)(=O)OC. The van der Waals surface area contributed by atoms with Crippen molar-refractivity contribution in [2.75, 3.05) is 13.7 Å². The highest BCUT2D eigenvalue weighted by Crippen LogP contribution is 2.13. The van der Waals surface area contributed by atoms with Crippen LogP contribution >= 0.6 is 0 Å². The molecule has 0 aromatic heterocycles. The van der Waals surface area contributed by atoms with Crippen LogP contribution in [0.4, 0.5) is 0 Å². The molecule has 0 aliphatic heterocycles. The largest absolute Gasteiger partial charge is 0.352 e. The number of unbranched alkanes of at least 4 members (excludes halogenated alkanes) is 15. The van der Waals surface area contributed by atoms with Crippen molar-refractivity contribution in [1.82, 2.24) is 4.72 Å². The molecule has 0 aromatic carbocycles. The predicted octanol–water partition coefficient (Wildman–Crippen LogP) is 5.74. The summed E-state index contributed by atoms with van der Waals surface area (Å²) in [5, 5.41) is 0. The van der Waals surface area contributed by atoms with Gasteiger partial charge in [0, 0.05) is 6.54 Å². The van der Waals surface area contributed by atoms with E-state index < -0.39 is 10.3 Å². The maximum Gasteiger partial charge on any atom is 0.352 e.